The van der Waals surface area contributed by atoms with Gasteiger partial charge >= 0.3 is 11.9 Å². The van der Waals surface area contributed by atoms with E-state index in [-0.39, 0.29) is 22.2 Å². The first-order valence-electron chi connectivity index (χ1n) is 6.69. The normalized spacial score (nSPS) is 11.8. The molecule has 0 saturated carbocycles. The summed E-state index contributed by atoms with van der Waals surface area (Å²) in [6.45, 7) is 0.347. The lowest BCUT2D eigenvalue weighted by Crippen LogP contribution is -2.15. The van der Waals surface area contributed by atoms with E-state index < -0.39 is 17.5 Å². The predicted molar refractivity (Wildman–Crippen MR) is 78.0 cm³/mol. The molecule has 0 fully saturated rings. The predicted octanol–water partition coefficient (Wildman–Crippen LogP) is 1.34. The quantitative estimate of drug-likeness (QED) is 0.658. The van der Waals surface area contributed by atoms with E-state index in [0.29, 0.717) is 18.5 Å². The fraction of sp³-hybridized carbons (Fsp3) is 0.250. The standard InChI is InChI=1S/C12H9F3N6O3S/c13-12(14,15)6-3-7(5-17-4-6)21-9(19-23-11(21)22)8-10(20-24-18-8)25-2-1-16/h3-5H,1-2,16H2. The minimum Gasteiger partial charge on any atom is -0.330 e. The van der Waals surface area contributed by atoms with Gasteiger partial charge in [0, 0.05) is 18.5 Å². The zero-order valence-electron chi connectivity index (χ0n) is 12.2. The van der Waals surface area contributed by atoms with E-state index >= 15 is 0 Å². The molecule has 3 aromatic rings. The van der Waals surface area contributed by atoms with E-state index in [1.54, 1.807) is 0 Å². The number of alkyl halides is 3. The third-order valence-corrected chi connectivity index (χ3v) is 3.92. The second-order valence-electron chi connectivity index (χ2n) is 4.59. The number of aromatic nitrogens is 5. The number of rotatable bonds is 5. The van der Waals surface area contributed by atoms with Crippen LogP contribution < -0.4 is 11.5 Å². The largest absolute Gasteiger partial charge is 0.446 e. The monoisotopic (exact) mass is 374 g/mol. The summed E-state index contributed by atoms with van der Waals surface area (Å²) in [4.78, 5) is 15.5. The molecule has 3 rings (SSSR count). The smallest absolute Gasteiger partial charge is 0.330 e. The zero-order chi connectivity index (χ0) is 18.0. The van der Waals surface area contributed by atoms with E-state index in [1.165, 1.54) is 11.8 Å². The van der Waals surface area contributed by atoms with Crippen LogP contribution in [0.4, 0.5) is 13.2 Å². The van der Waals surface area contributed by atoms with Crippen LogP contribution >= 0.6 is 11.8 Å². The van der Waals surface area contributed by atoms with Crippen LogP contribution in [0.25, 0.3) is 17.2 Å². The van der Waals surface area contributed by atoms with Crippen LogP contribution in [-0.2, 0) is 6.18 Å². The molecule has 132 valence electrons. The van der Waals surface area contributed by atoms with Crippen LogP contribution in [0.5, 0.6) is 0 Å². The highest BCUT2D eigenvalue weighted by Crippen LogP contribution is 2.31. The van der Waals surface area contributed by atoms with Crippen LogP contribution in [0.15, 0.2) is 37.4 Å². The number of thioether (sulfide) groups is 1. The van der Waals surface area contributed by atoms with Gasteiger partial charge in [-0.05, 0) is 16.4 Å². The average molecular weight is 374 g/mol. The van der Waals surface area contributed by atoms with Gasteiger partial charge in [0.15, 0.2) is 10.7 Å². The molecule has 0 bridgehead atoms. The van der Waals surface area contributed by atoms with Crippen LogP contribution in [-0.4, -0.2) is 37.3 Å². The number of halogens is 3. The summed E-state index contributed by atoms with van der Waals surface area (Å²) < 4.78 is 48.6. The SMILES string of the molecule is NCCSc1nonc1-c1noc(=O)n1-c1cncc(C(F)(F)F)c1. The molecular formula is C12H9F3N6O3S. The van der Waals surface area contributed by atoms with E-state index in [0.717, 1.165) is 16.8 Å². The molecule has 0 radical (unpaired) electrons. The minimum atomic E-state index is -4.62. The summed E-state index contributed by atoms with van der Waals surface area (Å²) in [5.74, 6) is -0.685. The third kappa shape index (κ3) is 3.41. The van der Waals surface area contributed by atoms with Crippen molar-refractivity contribution in [2.45, 2.75) is 11.2 Å². The highest BCUT2D eigenvalue weighted by molar-refractivity contribution is 7.99. The first-order chi connectivity index (χ1) is 11.9. The number of hydrogen-bond donors (Lipinski definition) is 1. The molecule has 0 amide bonds. The lowest BCUT2D eigenvalue weighted by Gasteiger charge is -2.08. The van der Waals surface area contributed by atoms with E-state index in [2.05, 4.69) is 29.6 Å². The molecule has 0 aromatic carbocycles. The topological polar surface area (TPSA) is 126 Å². The van der Waals surface area contributed by atoms with Crippen LogP contribution in [0.2, 0.25) is 0 Å². The van der Waals surface area contributed by atoms with Crippen molar-refractivity contribution in [3.63, 3.8) is 0 Å². The Morgan fingerprint density at radius 3 is 2.76 bits per heavy atom. The Balaban J connectivity index is 2.10. The van der Waals surface area contributed by atoms with Crippen molar-refractivity contribution in [1.82, 2.24) is 25.0 Å². The molecule has 0 saturated heterocycles. The van der Waals surface area contributed by atoms with E-state index in [9.17, 15) is 18.0 Å². The highest BCUT2D eigenvalue weighted by Gasteiger charge is 2.32. The van der Waals surface area contributed by atoms with Crippen molar-refractivity contribution in [1.29, 1.82) is 0 Å². The summed E-state index contributed by atoms with van der Waals surface area (Å²) in [7, 11) is 0. The molecule has 13 heteroatoms. The second kappa shape index (κ2) is 6.68. The minimum absolute atomic E-state index is 0.0433. The van der Waals surface area contributed by atoms with Crippen molar-refractivity contribution in [3.05, 3.63) is 34.6 Å². The number of pyridine rings is 1. The van der Waals surface area contributed by atoms with Gasteiger partial charge in [-0.3, -0.25) is 9.51 Å². The number of nitrogens with zero attached hydrogens (tertiary/aromatic N) is 5. The molecule has 0 spiro atoms. The van der Waals surface area contributed by atoms with Crippen LogP contribution in [0.3, 0.4) is 0 Å². The third-order valence-electron chi connectivity index (χ3n) is 2.94. The van der Waals surface area contributed by atoms with Gasteiger partial charge in [0.25, 0.3) is 0 Å². The molecule has 3 heterocycles. The van der Waals surface area contributed by atoms with Crippen molar-refractivity contribution in [2.75, 3.05) is 12.3 Å². The molecule has 0 atom stereocenters. The number of hydrogen-bond acceptors (Lipinski definition) is 9. The molecule has 0 aliphatic rings. The molecular weight excluding hydrogens is 365 g/mol. The van der Waals surface area contributed by atoms with Gasteiger partial charge < -0.3 is 5.73 Å². The molecule has 2 N–H and O–H groups in total. The summed E-state index contributed by atoms with van der Waals surface area (Å²) in [6, 6.07) is 0.745. The van der Waals surface area contributed by atoms with Crippen molar-refractivity contribution in [2.24, 2.45) is 5.73 Å². The molecule has 9 nitrogen and oxygen atoms in total. The Morgan fingerprint density at radius 2 is 2.04 bits per heavy atom. The maximum absolute atomic E-state index is 12.9. The first kappa shape index (κ1) is 17.2. The number of nitrogens with two attached hydrogens (primary N) is 1. The van der Waals surface area contributed by atoms with Crippen LogP contribution in [0, 0.1) is 0 Å². The highest BCUT2D eigenvalue weighted by atomic mass is 32.2. The lowest BCUT2D eigenvalue weighted by atomic mass is 10.2. The Morgan fingerprint density at radius 1 is 1.24 bits per heavy atom. The molecule has 0 unspecified atom stereocenters. The van der Waals surface area contributed by atoms with Crippen LogP contribution in [0.1, 0.15) is 5.56 Å². The van der Waals surface area contributed by atoms with Gasteiger partial charge in [-0.1, -0.05) is 16.9 Å². The van der Waals surface area contributed by atoms with Crippen molar-refractivity contribution >= 4 is 11.8 Å². The van der Waals surface area contributed by atoms with Crippen molar-refractivity contribution in [3.8, 4) is 17.2 Å². The average Bonchev–Trinajstić information content (AvgIpc) is 3.18. The fourth-order valence-corrected chi connectivity index (χ4v) is 2.56. The van der Waals surface area contributed by atoms with Gasteiger partial charge in [-0.2, -0.15) is 13.2 Å². The Hall–Kier alpha value is -2.67. The van der Waals surface area contributed by atoms with Gasteiger partial charge in [-0.15, -0.1) is 0 Å². The lowest BCUT2D eigenvalue weighted by molar-refractivity contribution is -0.137. The molecule has 0 aliphatic heterocycles. The Bertz CT molecular complexity index is 935. The van der Waals surface area contributed by atoms with E-state index in [4.69, 9.17) is 5.73 Å². The van der Waals surface area contributed by atoms with Gasteiger partial charge in [0.1, 0.15) is 0 Å². The Kier molecular flexibility index (Phi) is 4.59. The van der Waals surface area contributed by atoms with Gasteiger partial charge in [0.2, 0.25) is 5.82 Å². The fourth-order valence-electron chi connectivity index (χ4n) is 1.90. The molecule has 0 aliphatic carbocycles. The van der Waals surface area contributed by atoms with E-state index in [1.807, 2.05) is 0 Å². The first-order valence-corrected chi connectivity index (χ1v) is 7.67. The summed E-state index contributed by atoms with van der Waals surface area (Å²) >= 11 is 1.18. The maximum Gasteiger partial charge on any atom is 0.446 e. The zero-order valence-corrected chi connectivity index (χ0v) is 13.0. The van der Waals surface area contributed by atoms with Gasteiger partial charge in [0.05, 0.1) is 17.4 Å². The summed E-state index contributed by atoms with van der Waals surface area (Å²) in [5.41, 5.74) is 4.24. The molecule has 25 heavy (non-hydrogen) atoms. The molecule has 3 aromatic heterocycles. The summed E-state index contributed by atoms with van der Waals surface area (Å²) in [6.07, 6.45) is -2.92. The Labute approximate surface area is 141 Å². The van der Waals surface area contributed by atoms with Gasteiger partial charge in [-0.25, -0.2) is 14.0 Å². The maximum atomic E-state index is 12.9. The second-order valence-corrected chi connectivity index (χ2v) is 5.68. The summed E-state index contributed by atoms with van der Waals surface area (Å²) in [5, 5.41) is 11.1. The van der Waals surface area contributed by atoms with Crippen molar-refractivity contribution < 1.29 is 22.3 Å².